The Morgan fingerprint density at radius 1 is 0.586 bits per heavy atom. The van der Waals surface area contributed by atoms with E-state index in [1.165, 1.54) is 12.1 Å². The van der Waals surface area contributed by atoms with Crippen LogP contribution in [0.5, 0.6) is 0 Å². The molecule has 2 aliphatic heterocycles. The van der Waals surface area contributed by atoms with Crippen molar-refractivity contribution >= 4 is 23.2 Å². The molecule has 6 nitrogen and oxygen atoms in total. The van der Waals surface area contributed by atoms with Gasteiger partial charge in [0.2, 0.25) is 0 Å². The number of halogens is 1. The van der Waals surface area contributed by atoms with E-state index in [2.05, 4.69) is 21.9 Å². The lowest BCUT2D eigenvalue weighted by Crippen LogP contribution is -2.56. The largest absolute Gasteiger partial charge is 0.368 e. The lowest BCUT2D eigenvalue weighted by atomic mass is 10.2. The monoisotopic (exact) mass is 396 g/mol. The summed E-state index contributed by atoms with van der Waals surface area (Å²) < 4.78 is 13.1. The summed E-state index contributed by atoms with van der Waals surface area (Å²) in [5.74, 6) is -1.09. The second kappa shape index (κ2) is 8.51. The number of carbonyl (C=O) groups excluding carboxylic acids is 2. The lowest BCUT2D eigenvalue weighted by Gasteiger charge is -2.38. The molecule has 0 aliphatic carbocycles. The van der Waals surface area contributed by atoms with Crippen LogP contribution < -0.4 is 9.80 Å². The summed E-state index contributed by atoms with van der Waals surface area (Å²) in [5.41, 5.74) is 2.07. The van der Waals surface area contributed by atoms with Crippen molar-refractivity contribution in [1.82, 2.24) is 9.80 Å². The number of nitrogens with zero attached hydrogens (tertiary/aromatic N) is 4. The maximum absolute atomic E-state index is 13.1. The zero-order chi connectivity index (χ0) is 20.2. The molecule has 2 fully saturated rings. The van der Waals surface area contributed by atoms with E-state index in [1.54, 1.807) is 21.9 Å². The van der Waals surface area contributed by atoms with E-state index < -0.39 is 11.8 Å². The number of para-hydroxylation sites is 1. The van der Waals surface area contributed by atoms with Crippen LogP contribution in [0.2, 0.25) is 0 Å². The first-order valence-corrected chi connectivity index (χ1v) is 10.0. The van der Waals surface area contributed by atoms with E-state index in [9.17, 15) is 14.0 Å². The van der Waals surface area contributed by atoms with Gasteiger partial charge in [0.25, 0.3) is 0 Å². The van der Waals surface area contributed by atoms with Crippen molar-refractivity contribution in [3.63, 3.8) is 0 Å². The van der Waals surface area contributed by atoms with Crippen LogP contribution in [0.4, 0.5) is 15.8 Å². The molecule has 2 aliphatic rings. The topological polar surface area (TPSA) is 47.1 Å². The van der Waals surface area contributed by atoms with Gasteiger partial charge < -0.3 is 19.6 Å². The Labute approximate surface area is 170 Å². The second-order valence-corrected chi connectivity index (χ2v) is 7.37. The van der Waals surface area contributed by atoms with Crippen molar-refractivity contribution in [2.24, 2.45) is 0 Å². The van der Waals surface area contributed by atoms with Crippen LogP contribution in [0, 0.1) is 5.82 Å². The van der Waals surface area contributed by atoms with Gasteiger partial charge in [-0.25, -0.2) is 4.39 Å². The van der Waals surface area contributed by atoms with Gasteiger partial charge in [0.05, 0.1) is 0 Å². The Bertz CT molecular complexity index is 843. The van der Waals surface area contributed by atoms with E-state index in [4.69, 9.17) is 0 Å². The van der Waals surface area contributed by atoms with Gasteiger partial charge in [-0.15, -0.1) is 0 Å². The molecule has 2 amide bonds. The van der Waals surface area contributed by atoms with Crippen molar-refractivity contribution < 1.29 is 14.0 Å². The van der Waals surface area contributed by atoms with Crippen molar-refractivity contribution in [3.8, 4) is 0 Å². The molecule has 0 N–H and O–H groups in total. The highest BCUT2D eigenvalue weighted by atomic mass is 19.1. The van der Waals surface area contributed by atoms with Gasteiger partial charge in [0.15, 0.2) is 0 Å². The third-order valence-corrected chi connectivity index (χ3v) is 5.63. The Balaban J connectivity index is 1.28. The molecular weight excluding hydrogens is 371 g/mol. The predicted molar refractivity (Wildman–Crippen MR) is 110 cm³/mol. The van der Waals surface area contributed by atoms with Gasteiger partial charge in [-0.05, 0) is 36.4 Å². The average molecular weight is 396 g/mol. The van der Waals surface area contributed by atoms with Crippen LogP contribution in [-0.4, -0.2) is 74.0 Å². The van der Waals surface area contributed by atoms with Crippen LogP contribution in [0.3, 0.4) is 0 Å². The van der Waals surface area contributed by atoms with Crippen LogP contribution in [-0.2, 0) is 9.59 Å². The highest BCUT2D eigenvalue weighted by molar-refractivity contribution is 6.35. The van der Waals surface area contributed by atoms with Crippen LogP contribution in [0.15, 0.2) is 54.6 Å². The summed E-state index contributed by atoms with van der Waals surface area (Å²) in [6.07, 6.45) is 0. The van der Waals surface area contributed by atoms with Crippen LogP contribution >= 0.6 is 0 Å². The van der Waals surface area contributed by atoms with Crippen molar-refractivity contribution in [2.45, 2.75) is 0 Å². The lowest BCUT2D eigenvalue weighted by molar-refractivity contribution is -0.152. The number of anilines is 2. The quantitative estimate of drug-likeness (QED) is 0.727. The molecule has 29 heavy (non-hydrogen) atoms. The standard InChI is InChI=1S/C22H25FN4O2/c23-18-6-8-20(9-7-18)25-12-16-27(17-13-25)22(29)21(28)26-14-10-24(11-15-26)19-4-2-1-3-5-19/h1-9H,10-17H2. The Kier molecular flexibility index (Phi) is 5.64. The Hall–Kier alpha value is -3.09. The molecule has 0 spiro atoms. The second-order valence-electron chi connectivity index (χ2n) is 7.37. The molecular formula is C22H25FN4O2. The Morgan fingerprint density at radius 3 is 1.45 bits per heavy atom. The molecule has 4 rings (SSSR count). The molecule has 152 valence electrons. The molecule has 0 aromatic heterocycles. The van der Waals surface area contributed by atoms with E-state index in [0.717, 1.165) is 24.5 Å². The summed E-state index contributed by atoms with van der Waals surface area (Å²) in [5, 5.41) is 0. The molecule has 2 aromatic carbocycles. The highest BCUT2D eigenvalue weighted by Crippen LogP contribution is 2.18. The minimum atomic E-state index is -0.420. The summed E-state index contributed by atoms with van der Waals surface area (Å²) >= 11 is 0. The van der Waals surface area contributed by atoms with E-state index >= 15 is 0 Å². The van der Waals surface area contributed by atoms with Crippen LogP contribution in [0.1, 0.15) is 0 Å². The fourth-order valence-electron chi connectivity index (χ4n) is 3.90. The molecule has 0 bridgehead atoms. The maximum atomic E-state index is 13.1. The zero-order valence-electron chi connectivity index (χ0n) is 16.3. The maximum Gasteiger partial charge on any atom is 0.312 e. The van der Waals surface area contributed by atoms with Crippen molar-refractivity contribution in [2.75, 3.05) is 62.2 Å². The Morgan fingerprint density at radius 2 is 1.00 bits per heavy atom. The number of piperazine rings is 2. The highest BCUT2D eigenvalue weighted by Gasteiger charge is 2.31. The number of rotatable bonds is 2. The summed E-state index contributed by atoms with van der Waals surface area (Å²) in [6.45, 7) is 4.80. The van der Waals surface area contributed by atoms with Crippen molar-refractivity contribution in [1.29, 1.82) is 0 Å². The van der Waals surface area contributed by atoms with Crippen molar-refractivity contribution in [3.05, 3.63) is 60.4 Å². The fraction of sp³-hybridized carbons (Fsp3) is 0.364. The molecule has 0 saturated carbocycles. The minimum Gasteiger partial charge on any atom is -0.368 e. The SMILES string of the molecule is O=C(C(=O)N1CCN(c2ccc(F)cc2)CC1)N1CCN(c2ccccc2)CC1. The molecule has 7 heteroatoms. The first-order chi connectivity index (χ1) is 14.1. The molecule has 2 saturated heterocycles. The molecule has 0 unspecified atom stereocenters. The number of hydrogen-bond donors (Lipinski definition) is 0. The van der Waals surface area contributed by atoms with Gasteiger partial charge in [0.1, 0.15) is 5.82 Å². The zero-order valence-corrected chi connectivity index (χ0v) is 16.3. The smallest absolute Gasteiger partial charge is 0.312 e. The van der Waals surface area contributed by atoms with Gasteiger partial charge in [-0.2, -0.15) is 0 Å². The third kappa shape index (κ3) is 4.34. The number of benzene rings is 2. The van der Waals surface area contributed by atoms with E-state index in [-0.39, 0.29) is 5.82 Å². The molecule has 2 heterocycles. The summed E-state index contributed by atoms with van der Waals surface area (Å²) in [4.78, 5) is 33.0. The third-order valence-electron chi connectivity index (χ3n) is 5.63. The van der Waals surface area contributed by atoms with Gasteiger partial charge in [0, 0.05) is 63.7 Å². The fourth-order valence-corrected chi connectivity index (χ4v) is 3.90. The van der Waals surface area contributed by atoms with Crippen LogP contribution in [0.25, 0.3) is 0 Å². The van der Waals surface area contributed by atoms with Gasteiger partial charge >= 0.3 is 11.8 Å². The van der Waals surface area contributed by atoms with Gasteiger partial charge in [-0.3, -0.25) is 9.59 Å². The van der Waals surface area contributed by atoms with E-state index in [1.807, 2.05) is 18.2 Å². The molecule has 2 aromatic rings. The van der Waals surface area contributed by atoms with Gasteiger partial charge in [-0.1, -0.05) is 18.2 Å². The number of carbonyl (C=O) groups is 2. The normalized spacial score (nSPS) is 17.4. The molecule has 0 radical (unpaired) electrons. The minimum absolute atomic E-state index is 0.263. The summed E-state index contributed by atoms with van der Waals surface area (Å²) in [6, 6.07) is 16.5. The average Bonchev–Trinajstić information content (AvgIpc) is 2.79. The first kappa shape index (κ1) is 19.2. The summed E-state index contributed by atoms with van der Waals surface area (Å²) in [7, 11) is 0. The first-order valence-electron chi connectivity index (χ1n) is 10.0. The predicted octanol–water partition coefficient (Wildman–Crippen LogP) is 1.82. The molecule has 0 atom stereocenters. The number of hydrogen-bond acceptors (Lipinski definition) is 4. The number of amides is 2. The van der Waals surface area contributed by atoms with E-state index in [0.29, 0.717) is 39.3 Å².